The van der Waals surface area contributed by atoms with Crippen molar-refractivity contribution in [3.05, 3.63) is 17.7 Å². The minimum absolute atomic E-state index is 0.0873. The Morgan fingerprint density at radius 2 is 1.62 bits per heavy atom. The summed E-state index contributed by atoms with van der Waals surface area (Å²) in [5, 5.41) is 5.97. The molecule has 0 aliphatic rings. The van der Waals surface area contributed by atoms with E-state index in [0.717, 1.165) is 18.9 Å². The van der Waals surface area contributed by atoms with Crippen LogP contribution in [-0.4, -0.2) is 17.1 Å². The maximum atomic E-state index is 13.9. The molecular weight excluding hydrogens is 272 g/mol. The first kappa shape index (κ1) is 17.7. The maximum absolute atomic E-state index is 13.9. The molecule has 2 N–H and O–H groups in total. The summed E-state index contributed by atoms with van der Waals surface area (Å²) in [6, 6.07) is 0.875. The minimum atomic E-state index is -0.670. The van der Waals surface area contributed by atoms with Crippen LogP contribution in [0.5, 0.6) is 0 Å². The first-order valence-electron chi connectivity index (χ1n) is 7.42. The molecule has 0 fully saturated rings. The molecule has 1 aromatic rings. The van der Waals surface area contributed by atoms with Gasteiger partial charge in [0, 0.05) is 18.2 Å². The molecule has 1 heterocycles. The standard InChI is InChI=1S/C16H27F2N3/c1-7-8-19-13-11(17)9-12(18)14(20-13)21-16(5,6)10-15(2,3)4/h9H,7-8,10H2,1-6H3,(H2,19,20,21). The number of anilines is 2. The fourth-order valence-electron chi connectivity index (χ4n) is 2.61. The average molecular weight is 299 g/mol. The molecule has 0 radical (unpaired) electrons. The van der Waals surface area contributed by atoms with Crippen LogP contribution in [-0.2, 0) is 0 Å². The van der Waals surface area contributed by atoms with Crippen LogP contribution in [0.15, 0.2) is 6.07 Å². The normalized spacial score (nSPS) is 12.4. The Kier molecular flexibility index (Phi) is 5.54. The van der Waals surface area contributed by atoms with Crippen LogP contribution >= 0.6 is 0 Å². The molecule has 0 aliphatic carbocycles. The van der Waals surface area contributed by atoms with Gasteiger partial charge in [0.1, 0.15) is 0 Å². The van der Waals surface area contributed by atoms with Gasteiger partial charge in [-0.05, 0) is 32.1 Å². The molecule has 0 atom stereocenters. The van der Waals surface area contributed by atoms with Crippen LogP contribution in [0.2, 0.25) is 0 Å². The monoisotopic (exact) mass is 299 g/mol. The maximum Gasteiger partial charge on any atom is 0.168 e. The average Bonchev–Trinajstić information content (AvgIpc) is 2.27. The van der Waals surface area contributed by atoms with E-state index in [-0.39, 0.29) is 22.6 Å². The van der Waals surface area contributed by atoms with Crippen molar-refractivity contribution in [3.63, 3.8) is 0 Å². The lowest BCUT2D eigenvalue weighted by Crippen LogP contribution is -2.36. The highest BCUT2D eigenvalue weighted by Crippen LogP contribution is 2.30. The molecule has 0 saturated heterocycles. The first-order chi connectivity index (χ1) is 9.54. The van der Waals surface area contributed by atoms with Gasteiger partial charge in [-0.25, -0.2) is 13.8 Å². The predicted molar refractivity (Wildman–Crippen MR) is 84.7 cm³/mol. The molecule has 0 bridgehead atoms. The molecule has 0 spiro atoms. The van der Waals surface area contributed by atoms with Crippen LogP contribution in [0, 0.1) is 17.0 Å². The Balaban J connectivity index is 2.96. The van der Waals surface area contributed by atoms with E-state index in [1.807, 2.05) is 20.8 Å². The summed E-state index contributed by atoms with van der Waals surface area (Å²) in [4.78, 5) is 4.05. The van der Waals surface area contributed by atoms with Crippen molar-refractivity contribution in [2.45, 2.75) is 59.9 Å². The Bertz CT molecular complexity index is 479. The smallest absolute Gasteiger partial charge is 0.168 e. The van der Waals surface area contributed by atoms with Crippen molar-refractivity contribution in [3.8, 4) is 0 Å². The number of aromatic nitrogens is 1. The molecule has 120 valence electrons. The topological polar surface area (TPSA) is 37.0 Å². The molecule has 1 rings (SSSR count). The Labute approximate surface area is 126 Å². The number of nitrogens with zero attached hydrogens (tertiary/aromatic N) is 1. The lowest BCUT2D eigenvalue weighted by Gasteiger charge is -2.34. The van der Waals surface area contributed by atoms with E-state index in [1.165, 1.54) is 0 Å². The van der Waals surface area contributed by atoms with Gasteiger partial charge in [0.25, 0.3) is 0 Å². The Morgan fingerprint density at radius 1 is 1.05 bits per heavy atom. The summed E-state index contributed by atoms with van der Waals surface area (Å²) < 4.78 is 27.6. The number of pyridine rings is 1. The Hall–Kier alpha value is -1.39. The number of nitrogens with one attached hydrogen (secondary N) is 2. The van der Waals surface area contributed by atoms with E-state index in [2.05, 4.69) is 36.4 Å². The summed E-state index contributed by atoms with van der Waals surface area (Å²) in [5.41, 5.74) is -0.248. The molecule has 0 aromatic carbocycles. The molecule has 3 nitrogen and oxygen atoms in total. The number of rotatable bonds is 6. The Morgan fingerprint density at radius 3 is 2.14 bits per heavy atom. The first-order valence-corrected chi connectivity index (χ1v) is 7.42. The number of hydrogen-bond donors (Lipinski definition) is 2. The van der Waals surface area contributed by atoms with Crippen molar-refractivity contribution < 1.29 is 8.78 Å². The summed E-state index contributed by atoms with van der Waals surface area (Å²) >= 11 is 0. The predicted octanol–water partition coefficient (Wildman–Crippen LogP) is 4.81. The van der Waals surface area contributed by atoms with E-state index in [0.29, 0.717) is 6.54 Å². The molecule has 5 heteroatoms. The summed E-state index contributed by atoms with van der Waals surface area (Å²) in [7, 11) is 0. The van der Waals surface area contributed by atoms with Crippen molar-refractivity contribution in [1.82, 2.24) is 4.98 Å². The SMILES string of the molecule is CCCNc1nc(NC(C)(C)CC(C)(C)C)c(F)cc1F. The number of hydrogen-bond acceptors (Lipinski definition) is 3. The second-order valence-electron chi connectivity index (χ2n) is 7.32. The van der Waals surface area contributed by atoms with Crippen LogP contribution < -0.4 is 10.6 Å². The van der Waals surface area contributed by atoms with Gasteiger partial charge in [-0.2, -0.15) is 0 Å². The third kappa shape index (κ3) is 5.86. The van der Waals surface area contributed by atoms with Crippen molar-refractivity contribution in [2.75, 3.05) is 17.2 Å². The van der Waals surface area contributed by atoms with Gasteiger partial charge < -0.3 is 10.6 Å². The largest absolute Gasteiger partial charge is 0.368 e. The zero-order valence-electron chi connectivity index (χ0n) is 13.9. The van der Waals surface area contributed by atoms with Crippen LogP contribution in [0.3, 0.4) is 0 Å². The van der Waals surface area contributed by atoms with Crippen LogP contribution in [0.25, 0.3) is 0 Å². The summed E-state index contributed by atoms with van der Waals surface area (Å²) in [6.07, 6.45) is 1.67. The quantitative estimate of drug-likeness (QED) is 0.791. The second-order valence-corrected chi connectivity index (χ2v) is 7.32. The van der Waals surface area contributed by atoms with E-state index >= 15 is 0 Å². The molecule has 0 aliphatic heterocycles. The molecular formula is C16H27F2N3. The van der Waals surface area contributed by atoms with Crippen LogP contribution in [0.1, 0.15) is 54.4 Å². The van der Waals surface area contributed by atoms with Gasteiger partial charge in [0.05, 0.1) is 0 Å². The van der Waals surface area contributed by atoms with Gasteiger partial charge in [-0.15, -0.1) is 0 Å². The zero-order chi connectivity index (χ0) is 16.3. The van der Waals surface area contributed by atoms with Gasteiger partial charge >= 0.3 is 0 Å². The fourth-order valence-corrected chi connectivity index (χ4v) is 2.61. The lowest BCUT2D eigenvalue weighted by molar-refractivity contribution is 0.301. The molecule has 1 aromatic heterocycles. The van der Waals surface area contributed by atoms with Gasteiger partial charge in [0.15, 0.2) is 23.3 Å². The fraction of sp³-hybridized carbons (Fsp3) is 0.688. The van der Waals surface area contributed by atoms with Crippen molar-refractivity contribution in [1.29, 1.82) is 0 Å². The van der Waals surface area contributed by atoms with Crippen LogP contribution in [0.4, 0.5) is 20.4 Å². The highest BCUT2D eigenvalue weighted by Gasteiger charge is 2.27. The van der Waals surface area contributed by atoms with Gasteiger partial charge in [0.2, 0.25) is 0 Å². The molecule has 0 saturated carbocycles. The van der Waals surface area contributed by atoms with E-state index < -0.39 is 11.6 Å². The van der Waals surface area contributed by atoms with E-state index in [4.69, 9.17) is 0 Å². The third-order valence-electron chi connectivity index (χ3n) is 2.90. The van der Waals surface area contributed by atoms with E-state index in [1.54, 1.807) is 0 Å². The molecule has 0 unspecified atom stereocenters. The highest BCUT2D eigenvalue weighted by atomic mass is 19.1. The second kappa shape index (κ2) is 6.58. The molecule has 0 amide bonds. The van der Waals surface area contributed by atoms with E-state index in [9.17, 15) is 8.78 Å². The molecule has 21 heavy (non-hydrogen) atoms. The minimum Gasteiger partial charge on any atom is -0.368 e. The number of halogens is 2. The highest BCUT2D eigenvalue weighted by molar-refractivity contribution is 5.48. The van der Waals surface area contributed by atoms with Gasteiger partial charge in [-0.1, -0.05) is 27.7 Å². The van der Waals surface area contributed by atoms with Gasteiger partial charge in [-0.3, -0.25) is 0 Å². The van der Waals surface area contributed by atoms with Crippen molar-refractivity contribution in [2.24, 2.45) is 5.41 Å². The summed E-state index contributed by atoms with van der Waals surface area (Å²) in [5.74, 6) is -1.16. The lowest BCUT2D eigenvalue weighted by atomic mass is 9.82. The summed E-state index contributed by atoms with van der Waals surface area (Å²) in [6.45, 7) is 12.9. The zero-order valence-corrected chi connectivity index (χ0v) is 13.9. The van der Waals surface area contributed by atoms with Crippen molar-refractivity contribution >= 4 is 11.6 Å². The third-order valence-corrected chi connectivity index (χ3v) is 2.90.